The van der Waals surface area contributed by atoms with Crippen LogP contribution in [0, 0.1) is 5.82 Å². The minimum atomic E-state index is -0.479. The highest BCUT2D eigenvalue weighted by Crippen LogP contribution is 2.22. The molecule has 0 aliphatic carbocycles. The Labute approximate surface area is 169 Å². The Morgan fingerprint density at radius 3 is 2.72 bits per heavy atom. The van der Waals surface area contributed by atoms with E-state index >= 15 is 0 Å². The molecule has 6 heteroatoms. The lowest BCUT2D eigenvalue weighted by atomic mass is 9.98. The number of carbonyl (C=O) groups excluding carboxylic acids is 1. The highest BCUT2D eigenvalue weighted by atomic mass is 19.1. The minimum absolute atomic E-state index is 0.261. The average molecular weight is 392 g/mol. The fourth-order valence-electron chi connectivity index (χ4n) is 3.80. The number of benzene rings is 2. The van der Waals surface area contributed by atoms with Crippen LogP contribution in [0.25, 0.3) is 0 Å². The lowest BCUT2D eigenvalue weighted by molar-refractivity contribution is 0.0929. The molecule has 2 N–H and O–H groups in total. The van der Waals surface area contributed by atoms with Gasteiger partial charge in [-0.3, -0.25) is 9.48 Å². The van der Waals surface area contributed by atoms with Crippen molar-refractivity contribution in [2.75, 3.05) is 13.1 Å². The van der Waals surface area contributed by atoms with E-state index in [1.165, 1.54) is 6.07 Å². The van der Waals surface area contributed by atoms with Gasteiger partial charge in [-0.25, -0.2) is 4.39 Å². The molecule has 5 nitrogen and oxygen atoms in total. The third-order valence-electron chi connectivity index (χ3n) is 5.35. The zero-order valence-corrected chi connectivity index (χ0v) is 16.2. The van der Waals surface area contributed by atoms with E-state index in [9.17, 15) is 9.18 Å². The van der Waals surface area contributed by atoms with Crippen molar-refractivity contribution in [3.8, 4) is 0 Å². The third kappa shape index (κ3) is 4.71. The molecule has 2 heterocycles. The molecule has 2 atom stereocenters. The van der Waals surface area contributed by atoms with Crippen molar-refractivity contribution in [1.82, 2.24) is 20.4 Å². The van der Waals surface area contributed by atoms with Crippen molar-refractivity contribution in [3.05, 3.63) is 89.5 Å². The average Bonchev–Trinajstić information content (AvgIpc) is 3.26. The number of nitrogens with zero attached hydrogens (tertiary/aromatic N) is 2. The van der Waals surface area contributed by atoms with Gasteiger partial charge in [-0.05, 0) is 43.5 Å². The Kier molecular flexibility index (Phi) is 6.00. The SMILES string of the molecule is O=C(NC(Cc1ccccc1)c1ccccc1F)c1ccn(C2CCCNC2)n1. The fourth-order valence-corrected chi connectivity index (χ4v) is 3.80. The molecule has 2 unspecified atom stereocenters. The lowest BCUT2D eigenvalue weighted by Gasteiger charge is -2.23. The van der Waals surface area contributed by atoms with Gasteiger partial charge < -0.3 is 10.6 Å². The van der Waals surface area contributed by atoms with Crippen molar-refractivity contribution >= 4 is 5.91 Å². The summed E-state index contributed by atoms with van der Waals surface area (Å²) in [5, 5.41) is 10.8. The van der Waals surface area contributed by atoms with E-state index in [2.05, 4.69) is 15.7 Å². The Morgan fingerprint density at radius 1 is 1.17 bits per heavy atom. The predicted molar refractivity (Wildman–Crippen MR) is 110 cm³/mol. The summed E-state index contributed by atoms with van der Waals surface area (Å²) in [7, 11) is 0. The second kappa shape index (κ2) is 9.01. The van der Waals surface area contributed by atoms with Gasteiger partial charge in [-0.15, -0.1) is 0 Å². The third-order valence-corrected chi connectivity index (χ3v) is 5.35. The highest BCUT2D eigenvalue weighted by Gasteiger charge is 2.22. The smallest absolute Gasteiger partial charge is 0.272 e. The number of hydrogen-bond donors (Lipinski definition) is 2. The maximum absolute atomic E-state index is 14.5. The zero-order valence-electron chi connectivity index (χ0n) is 16.2. The van der Waals surface area contributed by atoms with Crippen LogP contribution in [0.3, 0.4) is 0 Å². The number of carbonyl (C=O) groups is 1. The van der Waals surface area contributed by atoms with Gasteiger partial charge in [0.05, 0.1) is 12.1 Å². The summed E-state index contributed by atoms with van der Waals surface area (Å²) in [5.41, 5.74) is 1.85. The summed E-state index contributed by atoms with van der Waals surface area (Å²) >= 11 is 0. The molecule has 0 spiro atoms. The van der Waals surface area contributed by atoms with E-state index < -0.39 is 6.04 Å². The molecule has 1 amide bonds. The van der Waals surface area contributed by atoms with Gasteiger partial charge in [0.1, 0.15) is 11.5 Å². The number of hydrogen-bond acceptors (Lipinski definition) is 3. The van der Waals surface area contributed by atoms with Crippen molar-refractivity contribution < 1.29 is 9.18 Å². The highest BCUT2D eigenvalue weighted by molar-refractivity contribution is 5.92. The van der Waals surface area contributed by atoms with Crippen molar-refractivity contribution in [1.29, 1.82) is 0 Å². The van der Waals surface area contributed by atoms with Crippen LogP contribution in [0.5, 0.6) is 0 Å². The molecular weight excluding hydrogens is 367 g/mol. The molecule has 4 rings (SSSR count). The Balaban J connectivity index is 1.53. The van der Waals surface area contributed by atoms with Gasteiger partial charge in [0.25, 0.3) is 5.91 Å². The van der Waals surface area contributed by atoms with Crippen LogP contribution in [0.2, 0.25) is 0 Å². The molecule has 1 fully saturated rings. The molecule has 0 saturated carbocycles. The second-order valence-electron chi connectivity index (χ2n) is 7.42. The number of amides is 1. The van der Waals surface area contributed by atoms with Gasteiger partial charge in [0.15, 0.2) is 0 Å². The molecule has 0 radical (unpaired) electrons. The quantitative estimate of drug-likeness (QED) is 0.673. The first-order valence-electron chi connectivity index (χ1n) is 10.1. The summed E-state index contributed by atoms with van der Waals surface area (Å²) in [4.78, 5) is 12.9. The molecule has 1 aromatic heterocycles. The Bertz CT molecular complexity index is 950. The van der Waals surface area contributed by atoms with Gasteiger partial charge in [0, 0.05) is 18.3 Å². The maximum atomic E-state index is 14.5. The monoisotopic (exact) mass is 392 g/mol. The first kappa shape index (κ1) is 19.3. The first-order valence-corrected chi connectivity index (χ1v) is 10.1. The molecule has 2 aromatic carbocycles. The number of piperidine rings is 1. The summed E-state index contributed by atoms with van der Waals surface area (Å²) in [6, 6.07) is 17.9. The van der Waals surface area contributed by atoms with Crippen LogP contribution in [0.1, 0.15) is 46.5 Å². The molecule has 150 valence electrons. The van der Waals surface area contributed by atoms with Crippen LogP contribution in [-0.4, -0.2) is 28.8 Å². The first-order chi connectivity index (χ1) is 14.2. The molecular formula is C23H25FN4O. The molecule has 29 heavy (non-hydrogen) atoms. The summed E-state index contributed by atoms with van der Waals surface area (Å²) in [6.45, 7) is 1.88. The van der Waals surface area contributed by atoms with Gasteiger partial charge >= 0.3 is 0 Å². The van der Waals surface area contributed by atoms with Crippen molar-refractivity contribution in [3.63, 3.8) is 0 Å². The zero-order chi connectivity index (χ0) is 20.1. The summed E-state index contributed by atoms with van der Waals surface area (Å²) in [5.74, 6) is -0.621. The van der Waals surface area contributed by atoms with Crippen LogP contribution in [0.4, 0.5) is 4.39 Å². The molecule has 0 bridgehead atoms. The number of halogens is 1. The normalized spacial score (nSPS) is 17.6. The Morgan fingerprint density at radius 2 is 1.97 bits per heavy atom. The maximum Gasteiger partial charge on any atom is 0.272 e. The number of rotatable bonds is 6. The van der Waals surface area contributed by atoms with Gasteiger partial charge in [0.2, 0.25) is 0 Å². The topological polar surface area (TPSA) is 59.0 Å². The molecule has 3 aromatic rings. The summed E-state index contributed by atoms with van der Waals surface area (Å²) < 4.78 is 16.3. The largest absolute Gasteiger partial charge is 0.343 e. The van der Waals surface area contributed by atoms with Crippen LogP contribution >= 0.6 is 0 Å². The van der Waals surface area contributed by atoms with E-state index in [4.69, 9.17) is 0 Å². The second-order valence-corrected chi connectivity index (χ2v) is 7.42. The van der Waals surface area contributed by atoms with E-state index in [1.807, 2.05) is 41.2 Å². The standard InChI is InChI=1S/C23H25FN4O/c24-20-11-5-4-10-19(20)22(15-17-7-2-1-3-8-17)26-23(29)21-12-14-28(27-21)18-9-6-13-25-16-18/h1-5,7-8,10-12,14,18,22,25H,6,9,13,15-16H2,(H,26,29). The van der Waals surface area contributed by atoms with Crippen molar-refractivity contribution in [2.45, 2.75) is 31.3 Å². The van der Waals surface area contributed by atoms with Gasteiger partial charge in [-0.2, -0.15) is 5.10 Å². The lowest BCUT2D eigenvalue weighted by Crippen LogP contribution is -2.33. The molecule has 1 saturated heterocycles. The fraction of sp³-hybridized carbons (Fsp3) is 0.304. The van der Waals surface area contributed by atoms with E-state index in [-0.39, 0.29) is 17.8 Å². The predicted octanol–water partition coefficient (Wildman–Crippen LogP) is 3.66. The molecule has 1 aliphatic rings. The molecule has 1 aliphatic heterocycles. The van der Waals surface area contributed by atoms with E-state index in [1.54, 1.807) is 24.3 Å². The summed E-state index contributed by atoms with van der Waals surface area (Å²) in [6.07, 6.45) is 4.49. The van der Waals surface area contributed by atoms with Crippen molar-refractivity contribution in [2.24, 2.45) is 0 Å². The van der Waals surface area contributed by atoms with Crippen LogP contribution in [0.15, 0.2) is 66.9 Å². The number of aromatic nitrogens is 2. The van der Waals surface area contributed by atoms with E-state index in [0.29, 0.717) is 17.7 Å². The van der Waals surface area contributed by atoms with Gasteiger partial charge in [-0.1, -0.05) is 48.5 Å². The number of nitrogens with one attached hydrogen (secondary N) is 2. The van der Waals surface area contributed by atoms with E-state index in [0.717, 1.165) is 31.5 Å². The van der Waals surface area contributed by atoms with Crippen LogP contribution in [-0.2, 0) is 6.42 Å². The Hall–Kier alpha value is -2.99. The van der Waals surface area contributed by atoms with Crippen LogP contribution < -0.4 is 10.6 Å². The minimum Gasteiger partial charge on any atom is -0.343 e.